The minimum atomic E-state index is -0.299. The number of anilines is 1. The first-order valence-electron chi connectivity index (χ1n) is 6.95. The van der Waals surface area contributed by atoms with E-state index in [-0.39, 0.29) is 12.0 Å². The molecule has 1 heterocycles. The second kappa shape index (κ2) is 4.42. The molecule has 0 aliphatic carbocycles. The van der Waals surface area contributed by atoms with Crippen LogP contribution in [0.25, 0.3) is 10.8 Å². The summed E-state index contributed by atoms with van der Waals surface area (Å²) < 4.78 is 6.00. The van der Waals surface area contributed by atoms with Crippen LogP contribution < -0.4 is 9.64 Å². The summed E-state index contributed by atoms with van der Waals surface area (Å²) in [5.74, 6) is 1.13. The van der Waals surface area contributed by atoms with Crippen LogP contribution in [0, 0.1) is 0 Å². The van der Waals surface area contributed by atoms with Crippen molar-refractivity contribution in [1.29, 1.82) is 0 Å². The monoisotopic (exact) mass is 277 g/mol. The molecule has 0 radical (unpaired) electrons. The van der Waals surface area contributed by atoms with Gasteiger partial charge in [0, 0.05) is 12.4 Å². The Kier molecular flexibility index (Phi) is 2.54. The highest BCUT2D eigenvalue weighted by Gasteiger charge is 2.31. The van der Waals surface area contributed by atoms with E-state index in [2.05, 4.69) is 0 Å². The number of ether oxygens (including phenoxy) is 1. The summed E-state index contributed by atoms with van der Waals surface area (Å²) in [5, 5.41) is 12.5. The summed E-state index contributed by atoms with van der Waals surface area (Å²) >= 11 is 0. The first-order chi connectivity index (χ1) is 10.3. The molecule has 0 aromatic heterocycles. The predicted octanol–water partition coefficient (Wildman–Crippen LogP) is 4.07. The minimum absolute atomic E-state index is 0.290. The third kappa shape index (κ3) is 1.74. The normalized spacial score (nSPS) is 16.8. The molecule has 3 aromatic carbocycles. The highest BCUT2D eigenvalue weighted by molar-refractivity contribution is 5.89. The molecular formula is C18H15NO2. The first kappa shape index (κ1) is 12.1. The maximum Gasteiger partial charge on any atom is 0.202 e. The van der Waals surface area contributed by atoms with Crippen molar-refractivity contribution in [3.05, 3.63) is 66.2 Å². The van der Waals surface area contributed by atoms with Gasteiger partial charge in [0.25, 0.3) is 0 Å². The van der Waals surface area contributed by atoms with Gasteiger partial charge in [-0.15, -0.1) is 0 Å². The Hall–Kier alpha value is -2.68. The van der Waals surface area contributed by atoms with Gasteiger partial charge >= 0.3 is 0 Å². The van der Waals surface area contributed by atoms with Crippen LogP contribution in [0.15, 0.2) is 60.7 Å². The van der Waals surface area contributed by atoms with E-state index in [4.69, 9.17) is 4.74 Å². The molecule has 1 aliphatic rings. The molecule has 104 valence electrons. The number of fused-ring (bicyclic) bond motifs is 2. The lowest BCUT2D eigenvalue weighted by Crippen LogP contribution is -2.22. The average molecular weight is 277 g/mol. The zero-order valence-corrected chi connectivity index (χ0v) is 11.7. The average Bonchev–Trinajstić information content (AvgIpc) is 2.85. The molecule has 4 rings (SSSR count). The van der Waals surface area contributed by atoms with Crippen LogP contribution in [-0.4, -0.2) is 12.2 Å². The maximum absolute atomic E-state index is 10.6. The molecule has 0 bridgehead atoms. The number of para-hydroxylation sites is 2. The van der Waals surface area contributed by atoms with Crippen molar-refractivity contribution in [2.24, 2.45) is 0 Å². The van der Waals surface area contributed by atoms with Crippen LogP contribution in [0.5, 0.6) is 11.5 Å². The van der Waals surface area contributed by atoms with Crippen LogP contribution in [0.4, 0.5) is 5.69 Å². The molecule has 21 heavy (non-hydrogen) atoms. The molecule has 0 saturated carbocycles. The zero-order chi connectivity index (χ0) is 14.4. The Labute approximate surface area is 123 Å². The Balaban J connectivity index is 1.84. The largest absolute Gasteiger partial charge is 0.507 e. The Morgan fingerprint density at radius 2 is 1.71 bits per heavy atom. The van der Waals surface area contributed by atoms with Gasteiger partial charge in [0.1, 0.15) is 11.5 Å². The van der Waals surface area contributed by atoms with Crippen LogP contribution in [-0.2, 0) is 0 Å². The minimum Gasteiger partial charge on any atom is -0.507 e. The molecule has 0 saturated heterocycles. The fourth-order valence-corrected chi connectivity index (χ4v) is 2.92. The first-order valence-corrected chi connectivity index (χ1v) is 6.95. The summed E-state index contributed by atoms with van der Waals surface area (Å²) in [7, 11) is 1.98. The molecule has 3 nitrogen and oxygen atoms in total. The highest BCUT2D eigenvalue weighted by Crippen LogP contribution is 2.45. The van der Waals surface area contributed by atoms with E-state index in [0.717, 1.165) is 27.8 Å². The number of aromatic hydroxyl groups is 1. The summed E-state index contributed by atoms with van der Waals surface area (Å²) in [5.41, 5.74) is 1.82. The second-order valence-electron chi connectivity index (χ2n) is 5.27. The van der Waals surface area contributed by atoms with Crippen molar-refractivity contribution in [1.82, 2.24) is 0 Å². The topological polar surface area (TPSA) is 32.7 Å². The number of hydrogen-bond acceptors (Lipinski definition) is 3. The van der Waals surface area contributed by atoms with E-state index in [9.17, 15) is 5.11 Å². The summed E-state index contributed by atoms with van der Waals surface area (Å²) in [6, 6.07) is 19.7. The van der Waals surface area contributed by atoms with E-state index in [1.807, 2.05) is 72.6 Å². The lowest BCUT2D eigenvalue weighted by Gasteiger charge is -2.22. The van der Waals surface area contributed by atoms with Gasteiger partial charge in [-0.1, -0.05) is 42.5 Å². The number of hydrogen-bond donors (Lipinski definition) is 1. The molecular weight excluding hydrogens is 262 g/mol. The van der Waals surface area contributed by atoms with Crippen molar-refractivity contribution in [3.63, 3.8) is 0 Å². The third-order valence-electron chi connectivity index (χ3n) is 4.03. The van der Waals surface area contributed by atoms with Crippen molar-refractivity contribution in [2.45, 2.75) is 6.23 Å². The van der Waals surface area contributed by atoms with Gasteiger partial charge < -0.3 is 14.7 Å². The van der Waals surface area contributed by atoms with Crippen molar-refractivity contribution in [3.8, 4) is 11.5 Å². The maximum atomic E-state index is 10.6. The standard InChI is InChI=1S/C18H15NO2/c1-19-15-8-4-5-9-16(15)21-18(19)14-11-10-12-6-2-3-7-13(12)17(14)20/h2-11,18,20H,1H3. The molecule has 0 amide bonds. The molecule has 1 unspecified atom stereocenters. The number of benzene rings is 3. The number of phenols is 1. The third-order valence-corrected chi connectivity index (χ3v) is 4.03. The SMILES string of the molecule is CN1c2ccccc2OC1c1ccc2ccccc2c1O. The van der Waals surface area contributed by atoms with Crippen molar-refractivity contribution in [2.75, 3.05) is 11.9 Å². The van der Waals surface area contributed by atoms with E-state index in [0.29, 0.717) is 0 Å². The van der Waals surface area contributed by atoms with E-state index < -0.39 is 0 Å². The van der Waals surface area contributed by atoms with Crippen molar-refractivity contribution >= 4 is 16.5 Å². The van der Waals surface area contributed by atoms with Gasteiger partial charge in [0.05, 0.1) is 11.3 Å². The second-order valence-corrected chi connectivity index (χ2v) is 5.27. The highest BCUT2D eigenvalue weighted by atomic mass is 16.5. The number of phenolic OH excluding ortho intramolecular Hbond substituents is 1. The Morgan fingerprint density at radius 1 is 0.952 bits per heavy atom. The molecule has 3 aromatic rings. The van der Waals surface area contributed by atoms with E-state index in [1.165, 1.54) is 0 Å². The molecule has 0 fully saturated rings. The van der Waals surface area contributed by atoms with Crippen molar-refractivity contribution < 1.29 is 9.84 Å². The molecule has 0 spiro atoms. The van der Waals surface area contributed by atoms with Crippen LogP contribution in [0.1, 0.15) is 11.8 Å². The summed E-state index contributed by atoms with van der Waals surface area (Å²) in [6.45, 7) is 0. The summed E-state index contributed by atoms with van der Waals surface area (Å²) in [6.07, 6.45) is -0.299. The smallest absolute Gasteiger partial charge is 0.202 e. The van der Waals surface area contributed by atoms with Gasteiger partial charge in [0.2, 0.25) is 6.23 Å². The van der Waals surface area contributed by atoms with Gasteiger partial charge in [-0.25, -0.2) is 0 Å². The molecule has 1 aliphatic heterocycles. The number of rotatable bonds is 1. The summed E-state index contributed by atoms with van der Waals surface area (Å²) in [4.78, 5) is 2.04. The zero-order valence-electron chi connectivity index (χ0n) is 11.7. The van der Waals surface area contributed by atoms with Crippen LogP contribution >= 0.6 is 0 Å². The Morgan fingerprint density at radius 3 is 2.57 bits per heavy atom. The number of nitrogens with zero attached hydrogens (tertiary/aromatic N) is 1. The van der Waals surface area contributed by atoms with Gasteiger partial charge in [-0.2, -0.15) is 0 Å². The van der Waals surface area contributed by atoms with E-state index >= 15 is 0 Å². The fraction of sp³-hybridized carbons (Fsp3) is 0.111. The Bertz CT molecular complexity index is 828. The molecule has 3 heteroatoms. The lowest BCUT2D eigenvalue weighted by molar-refractivity contribution is 0.230. The quantitative estimate of drug-likeness (QED) is 0.727. The fourth-order valence-electron chi connectivity index (χ4n) is 2.92. The molecule has 1 atom stereocenters. The lowest BCUT2D eigenvalue weighted by atomic mass is 10.0. The van der Waals surface area contributed by atoms with Crippen LogP contribution in [0.3, 0.4) is 0 Å². The molecule has 1 N–H and O–H groups in total. The van der Waals surface area contributed by atoms with Gasteiger partial charge in [-0.05, 0) is 23.6 Å². The van der Waals surface area contributed by atoms with Gasteiger partial charge in [-0.3, -0.25) is 0 Å². The van der Waals surface area contributed by atoms with Crippen LogP contribution in [0.2, 0.25) is 0 Å². The predicted molar refractivity (Wildman–Crippen MR) is 83.8 cm³/mol. The van der Waals surface area contributed by atoms with Gasteiger partial charge in [0.15, 0.2) is 0 Å². The van der Waals surface area contributed by atoms with E-state index in [1.54, 1.807) is 0 Å².